The second-order valence-electron chi connectivity index (χ2n) is 4.15. The van der Waals surface area contributed by atoms with E-state index in [1.165, 1.54) is 6.07 Å². The van der Waals surface area contributed by atoms with Crippen LogP contribution >= 0.6 is 0 Å². The number of aromatic nitrogens is 1. The van der Waals surface area contributed by atoms with E-state index in [9.17, 15) is 4.39 Å². The van der Waals surface area contributed by atoms with Gasteiger partial charge in [0.2, 0.25) is 0 Å². The third-order valence-electron chi connectivity index (χ3n) is 2.95. The second-order valence-corrected chi connectivity index (χ2v) is 4.15. The monoisotopic (exact) mass is 238 g/mol. The molecular formula is C15H11FN2. The molecule has 1 heterocycles. The number of pyridine rings is 1. The van der Waals surface area contributed by atoms with E-state index in [-0.39, 0.29) is 5.82 Å². The summed E-state index contributed by atoms with van der Waals surface area (Å²) in [7, 11) is 0. The van der Waals surface area contributed by atoms with Gasteiger partial charge in [0.15, 0.2) is 0 Å². The number of benzene rings is 2. The van der Waals surface area contributed by atoms with Crippen LogP contribution in [-0.4, -0.2) is 4.98 Å². The van der Waals surface area contributed by atoms with Gasteiger partial charge >= 0.3 is 0 Å². The van der Waals surface area contributed by atoms with Gasteiger partial charge in [0, 0.05) is 34.6 Å². The lowest BCUT2D eigenvalue weighted by Crippen LogP contribution is -1.91. The molecule has 3 rings (SSSR count). The topological polar surface area (TPSA) is 38.9 Å². The highest BCUT2D eigenvalue weighted by Crippen LogP contribution is 2.30. The normalized spacial score (nSPS) is 10.7. The van der Waals surface area contributed by atoms with Crippen molar-refractivity contribution in [3.63, 3.8) is 0 Å². The maximum atomic E-state index is 14.0. The van der Waals surface area contributed by atoms with E-state index in [2.05, 4.69) is 4.98 Å². The smallest absolute Gasteiger partial charge is 0.133 e. The number of hydrogen-bond acceptors (Lipinski definition) is 2. The summed E-state index contributed by atoms with van der Waals surface area (Å²) >= 11 is 0. The average molecular weight is 238 g/mol. The Morgan fingerprint density at radius 1 is 0.944 bits per heavy atom. The molecule has 3 heteroatoms. The van der Waals surface area contributed by atoms with E-state index < -0.39 is 0 Å². The van der Waals surface area contributed by atoms with Crippen molar-refractivity contribution in [2.24, 2.45) is 0 Å². The van der Waals surface area contributed by atoms with E-state index >= 15 is 0 Å². The molecule has 2 N–H and O–H groups in total. The minimum absolute atomic E-state index is 0.326. The number of halogens is 1. The first kappa shape index (κ1) is 10.7. The Morgan fingerprint density at radius 3 is 2.61 bits per heavy atom. The van der Waals surface area contributed by atoms with Crippen molar-refractivity contribution in [1.82, 2.24) is 4.98 Å². The second kappa shape index (κ2) is 4.11. The van der Waals surface area contributed by atoms with Crippen molar-refractivity contribution in [3.05, 3.63) is 60.7 Å². The molecule has 1 aromatic heterocycles. The number of anilines is 1. The van der Waals surface area contributed by atoms with Crippen molar-refractivity contribution in [1.29, 1.82) is 0 Å². The van der Waals surface area contributed by atoms with Crippen LogP contribution in [0.5, 0.6) is 0 Å². The summed E-state index contributed by atoms with van der Waals surface area (Å²) in [5.74, 6) is -0.326. The van der Waals surface area contributed by atoms with Gasteiger partial charge in [-0.1, -0.05) is 24.3 Å². The fraction of sp³-hybridized carbons (Fsp3) is 0. The first-order chi connectivity index (χ1) is 8.75. The fourth-order valence-corrected chi connectivity index (χ4v) is 2.08. The molecular weight excluding hydrogens is 227 g/mol. The zero-order valence-electron chi connectivity index (χ0n) is 9.60. The van der Waals surface area contributed by atoms with Crippen LogP contribution in [-0.2, 0) is 0 Å². The van der Waals surface area contributed by atoms with Crippen LogP contribution in [0.1, 0.15) is 0 Å². The third-order valence-corrected chi connectivity index (χ3v) is 2.95. The van der Waals surface area contributed by atoms with Crippen LogP contribution in [0.15, 0.2) is 54.9 Å². The van der Waals surface area contributed by atoms with Gasteiger partial charge in [-0.25, -0.2) is 4.39 Å². The van der Waals surface area contributed by atoms with Crippen molar-refractivity contribution in [3.8, 4) is 11.1 Å². The maximum Gasteiger partial charge on any atom is 0.133 e. The highest BCUT2D eigenvalue weighted by molar-refractivity contribution is 5.95. The molecule has 0 saturated heterocycles. The SMILES string of the molecule is Nc1ccc(-c2cncc3ccccc23)c(F)c1. The standard InChI is InChI=1S/C15H11FN2/c16-15-7-11(17)5-6-13(15)14-9-18-8-10-3-1-2-4-12(10)14/h1-9H,17H2. The largest absolute Gasteiger partial charge is 0.399 e. The van der Waals surface area contributed by atoms with Crippen LogP contribution in [0.4, 0.5) is 10.1 Å². The molecule has 88 valence electrons. The zero-order valence-corrected chi connectivity index (χ0v) is 9.60. The number of rotatable bonds is 1. The lowest BCUT2D eigenvalue weighted by molar-refractivity contribution is 0.632. The van der Waals surface area contributed by atoms with E-state index in [0.717, 1.165) is 16.3 Å². The van der Waals surface area contributed by atoms with Crippen LogP contribution in [0.25, 0.3) is 21.9 Å². The molecule has 0 bridgehead atoms. The number of hydrogen-bond donors (Lipinski definition) is 1. The Bertz CT molecular complexity index is 717. The molecule has 2 nitrogen and oxygen atoms in total. The number of nitrogens with zero attached hydrogens (tertiary/aromatic N) is 1. The predicted octanol–water partition coefficient (Wildman–Crippen LogP) is 3.62. The molecule has 3 aromatic rings. The number of fused-ring (bicyclic) bond motifs is 1. The van der Waals surface area contributed by atoms with Crippen LogP contribution < -0.4 is 5.73 Å². The molecule has 0 radical (unpaired) electrons. The Morgan fingerprint density at radius 2 is 1.78 bits per heavy atom. The van der Waals surface area contributed by atoms with Crippen LogP contribution in [0.2, 0.25) is 0 Å². The van der Waals surface area contributed by atoms with Crippen molar-refractivity contribution < 1.29 is 4.39 Å². The molecule has 0 spiro atoms. The maximum absolute atomic E-state index is 14.0. The third kappa shape index (κ3) is 1.70. The highest BCUT2D eigenvalue weighted by Gasteiger charge is 2.09. The zero-order chi connectivity index (χ0) is 12.5. The Balaban J connectivity index is 2.31. The van der Waals surface area contributed by atoms with Gasteiger partial charge in [-0.05, 0) is 23.6 Å². The van der Waals surface area contributed by atoms with Gasteiger partial charge in [-0.2, -0.15) is 0 Å². The van der Waals surface area contributed by atoms with Crippen molar-refractivity contribution in [2.45, 2.75) is 0 Å². The molecule has 0 saturated carbocycles. The summed E-state index contributed by atoms with van der Waals surface area (Å²) in [5.41, 5.74) is 7.29. The van der Waals surface area contributed by atoms with Gasteiger partial charge < -0.3 is 5.73 Å². The average Bonchev–Trinajstić information content (AvgIpc) is 2.38. The first-order valence-electron chi connectivity index (χ1n) is 5.64. The molecule has 0 aliphatic carbocycles. The van der Waals surface area contributed by atoms with Crippen LogP contribution in [0, 0.1) is 5.82 Å². The highest BCUT2D eigenvalue weighted by atomic mass is 19.1. The van der Waals surface area contributed by atoms with Gasteiger partial charge in [-0.15, -0.1) is 0 Å². The summed E-state index contributed by atoms with van der Waals surface area (Å²) < 4.78 is 14.0. The Labute approximate surface area is 104 Å². The number of nitrogen functional groups attached to an aromatic ring is 1. The van der Waals surface area contributed by atoms with E-state index in [4.69, 9.17) is 5.73 Å². The van der Waals surface area contributed by atoms with Gasteiger partial charge in [0.25, 0.3) is 0 Å². The lowest BCUT2D eigenvalue weighted by atomic mass is 10.0. The predicted molar refractivity (Wildman–Crippen MR) is 71.5 cm³/mol. The minimum Gasteiger partial charge on any atom is -0.399 e. The summed E-state index contributed by atoms with van der Waals surface area (Å²) in [5, 5.41) is 1.97. The van der Waals surface area contributed by atoms with Gasteiger partial charge in [-0.3, -0.25) is 4.98 Å². The first-order valence-corrected chi connectivity index (χ1v) is 5.64. The van der Waals surface area contributed by atoms with Crippen molar-refractivity contribution >= 4 is 16.5 Å². The van der Waals surface area contributed by atoms with E-state index in [0.29, 0.717) is 11.3 Å². The molecule has 2 aromatic carbocycles. The van der Waals surface area contributed by atoms with Crippen molar-refractivity contribution in [2.75, 3.05) is 5.73 Å². The summed E-state index contributed by atoms with van der Waals surface area (Å²) in [6, 6.07) is 12.5. The molecule has 0 aliphatic heterocycles. The van der Waals surface area contributed by atoms with E-state index in [1.54, 1.807) is 24.5 Å². The summed E-state index contributed by atoms with van der Waals surface area (Å²) in [6.07, 6.45) is 3.45. The molecule has 0 atom stereocenters. The fourth-order valence-electron chi connectivity index (χ4n) is 2.08. The Hall–Kier alpha value is -2.42. The summed E-state index contributed by atoms with van der Waals surface area (Å²) in [6.45, 7) is 0. The van der Waals surface area contributed by atoms with Gasteiger partial charge in [0.05, 0.1) is 0 Å². The quantitative estimate of drug-likeness (QED) is 0.657. The Kier molecular flexibility index (Phi) is 2.45. The summed E-state index contributed by atoms with van der Waals surface area (Å²) in [4.78, 5) is 4.15. The molecule has 0 amide bonds. The minimum atomic E-state index is -0.326. The van der Waals surface area contributed by atoms with E-state index in [1.807, 2.05) is 24.3 Å². The molecule has 18 heavy (non-hydrogen) atoms. The molecule has 0 unspecified atom stereocenters. The number of nitrogens with two attached hydrogens (primary N) is 1. The molecule has 0 aliphatic rings. The lowest BCUT2D eigenvalue weighted by Gasteiger charge is -2.07. The molecule has 0 fully saturated rings. The van der Waals surface area contributed by atoms with Gasteiger partial charge in [0.1, 0.15) is 5.82 Å². The van der Waals surface area contributed by atoms with Crippen LogP contribution in [0.3, 0.4) is 0 Å².